The zero-order chi connectivity index (χ0) is 97.6. The Morgan fingerprint density at radius 3 is 1.03 bits per heavy atom. The minimum absolute atomic E-state index is 0.0112. The maximum Gasteiger partial charge on any atom is 0.409 e. The van der Waals surface area contributed by atoms with E-state index in [0.717, 1.165) is 0 Å². The lowest BCUT2D eigenvalue weighted by atomic mass is 9.78. The number of nitrogens with zero attached hydrogens (tertiary/aromatic N) is 14. The first-order valence-electron chi connectivity index (χ1n) is 45.1. The van der Waals surface area contributed by atoms with E-state index < -0.39 is 150 Å². The SMILES string of the molecule is CCC(CCCN=C(N)N)C(=O)CC(CCCN=C(N)N)C(=O)CC(CCCN=C(N)N)C(=O)CC(CCCN=C(N)N)C(=O)CC(CCCN=C(N)N)C(=O)CC(CCCN=C(N)N)C(=O)NCC(=O)N1CC(C)OC(COP(=O)(N(C)C)N2CC(C)OC(COP(=O)(N(C)C)N3CC(C)OC(COP(=O)(N(C)C)N4CCN(C(=O)OCCOCCOCCO)CC4)C3)C2)C1. The molecular formula is C80H156N27O21P3. The molecule has 4 rings (SSSR count). The maximum atomic E-state index is 15.4. The van der Waals surface area contributed by atoms with Gasteiger partial charge in [0, 0.05) is 172 Å². The molecule has 0 aromatic carbocycles. The number of aliphatic hydroxyl groups is 1. The standard InChI is InChI=1S/C80H156N27O21P3/c1-11-58(18-12-24-93-74(81)82)67(109)40-59(19-13-25-94-75(83)84)68(110)41-60(20-14-26-95-76(85)86)69(111)42-61(21-15-27-96-77(87)88)70(112)43-62(22-16-28-97-78(89)90)71(113)44-63(23-17-29-98-79(91)92)73(115)99-45-72(114)104-46-55(2)126-64(49-104)52-124-130(118,101(7)8)106-47-57(4)128-66(51-106)54-125-131(119,102(9)10)107-48-56(3)127-65(50-107)53-123-129(117,100(5)6)105-32-30-103(31-33-105)80(116)122-39-38-121-37-36-120-35-34-108/h55-66,108H,11-54H2,1-10H3,(H,99,115)(H4,81,82,93)(H4,83,84,94)(H4,85,86,95)(H4,87,88,96)(H4,89,90,97)(H4,91,92,98). The average Bonchev–Trinajstić information content (AvgIpc) is 0.795. The summed E-state index contributed by atoms with van der Waals surface area (Å²) < 4.78 is 109. The molecule has 0 aromatic heterocycles. The van der Waals surface area contributed by atoms with Crippen LogP contribution in [0.15, 0.2) is 30.0 Å². The third-order valence-electron chi connectivity index (χ3n) is 22.6. The number of carbonyl (C=O) groups excluding carboxylic acids is 8. The highest BCUT2D eigenvalue weighted by atomic mass is 31.2. The molecule has 4 fully saturated rings. The number of carbonyl (C=O) groups is 8. The number of piperazine rings is 1. The van der Waals surface area contributed by atoms with E-state index in [1.165, 1.54) is 23.8 Å². The van der Waals surface area contributed by atoms with Gasteiger partial charge in [-0.1, -0.05) is 6.92 Å². The molecule has 48 nitrogen and oxygen atoms in total. The van der Waals surface area contributed by atoms with Crippen LogP contribution in [0.5, 0.6) is 0 Å². The second-order valence-corrected chi connectivity index (χ2v) is 41.8. The number of morpholine rings is 3. The number of amides is 3. The van der Waals surface area contributed by atoms with Gasteiger partial charge in [-0.3, -0.25) is 77.2 Å². The van der Waals surface area contributed by atoms with Crippen LogP contribution in [0.3, 0.4) is 0 Å². The Hall–Kier alpha value is -7.73. The molecule has 15 atom stereocenters. The summed E-state index contributed by atoms with van der Waals surface area (Å²) in [7, 11) is -1.77. The van der Waals surface area contributed by atoms with E-state index in [-0.39, 0.29) is 275 Å². The van der Waals surface area contributed by atoms with Gasteiger partial charge in [-0.15, -0.1) is 0 Å². The van der Waals surface area contributed by atoms with Gasteiger partial charge in [-0.2, -0.15) is 0 Å². The van der Waals surface area contributed by atoms with Crippen molar-refractivity contribution < 1.29 is 99.2 Å². The average molecular weight is 1930 g/mol. The molecule has 0 spiro atoms. The molecule has 4 saturated heterocycles. The van der Waals surface area contributed by atoms with E-state index in [4.69, 9.17) is 116 Å². The predicted octanol–water partition coefficient (Wildman–Crippen LogP) is -1.04. The summed E-state index contributed by atoms with van der Waals surface area (Å²) in [5.74, 6) is -9.54. The molecule has 4 aliphatic heterocycles. The van der Waals surface area contributed by atoms with Crippen molar-refractivity contribution in [3.05, 3.63) is 0 Å². The second-order valence-electron chi connectivity index (χ2n) is 34.0. The van der Waals surface area contributed by atoms with Crippen LogP contribution in [0.25, 0.3) is 0 Å². The van der Waals surface area contributed by atoms with Crippen LogP contribution < -0.4 is 74.1 Å². The Labute approximate surface area is 771 Å². The summed E-state index contributed by atoms with van der Waals surface area (Å²) in [5, 5.41) is 11.6. The molecule has 3 amide bonds. The van der Waals surface area contributed by atoms with Gasteiger partial charge >= 0.3 is 29.1 Å². The van der Waals surface area contributed by atoms with E-state index in [2.05, 4.69) is 35.3 Å². The van der Waals surface area contributed by atoms with Crippen LogP contribution in [0.1, 0.15) is 143 Å². The normalized spacial score (nSPS) is 21.0. The van der Waals surface area contributed by atoms with Gasteiger partial charge in [-0.05, 0) is 147 Å². The number of ketones is 5. The highest BCUT2D eigenvalue weighted by Gasteiger charge is 2.47. The van der Waals surface area contributed by atoms with Crippen LogP contribution in [0, 0.1) is 35.5 Å². The lowest BCUT2D eigenvalue weighted by molar-refractivity contribution is -0.147. The smallest absolute Gasteiger partial charge is 0.409 e. The lowest BCUT2D eigenvalue weighted by Gasteiger charge is -2.45. The lowest BCUT2D eigenvalue weighted by Crippen LogP contribution is -2.53. The predicted molar refractivity (Wildman–Crippen MR) is 500 cm³/mol. The van der Waals surface area contributed by atoms with Crippen molar-refractivity contribution in [1.29, 1.82) is 0 Å². The molecular weight excluding hydrogens is 1770 g/mol. The summed E-state index contributed by atoms with van der Waals surface area (Å²) >= 11 is 0. The Kier molecular flexibility index (Phi) is 53.5. The van der Waals surface area contributed by atoms with Crippen LogP contribution in [-0.2, 0) is 89.2 Å². The van der Waals surface area contributed by atoms with Crippen molar-refractivity contribution >= 4 is 106 Å². The number of Topliss-reactive ketones (excluding diaryl/α,β-unsaturated/α-hetero) is 5. The van der Waals surface area contributed by atoms with E-state index in [0.29, 0.717) is 38.8 Å². The van der Waals surface area contributed by atoms with E-state index in [1.807, 2.05) is 13.8 Å². The molecule has 131 heavy (non-hydrogen) atoms. The molecule has 51 heteroatoms. The molecule has 0 aliphatic carbocycles. The molecule has 0 aromatic rings. The van der Waals surface area contributed by atoms with Gasteiger partial charge in [0.2, 0.25) is 11.8 Å². The summed E-state index contributed by atoms with van der Waals surface area (Å²) in [6.45, 7) is 9.13. The van der Waals surface area contributed by atoms with Crippen molar-refractivity contribution in [1.82, 2.24) is 43.1 Å². The second kappa shape index (κ2) is 60.6. The first kappa shape index (κ1) is 116. The van der Waals surface area contributed by atoms with Gasteiger partial charge in [0.05, 0.1) is 96.0 Å². The fourth-order valence-electron chi connectivity index (χ4n) is 15.8. The minimum Gasteiger partial charge on any atom is -0.447 e. The molecule has 0 radical (unpaired) electrons. The van der Waals surface area contributed by atoms with E-state index >= 15 is 23.5 Å². The Bertz CT molecular complexity index is 3860. The summed E-state index contributed by atoms with van der Waals surface area (Å²) in [6.07, 6.45) is -2.81. The quantitative estimate of drug-likeness (QED) is 0.0150. The number of aliphatic imine (C=N–C) groups is 6. The Balaban J connectivity index is 1.50. The van der Waals surface area contributed by atoms with Crippen LogP contribution >= 0.6 is 23.0 Å². The number of nitrogens with two attached hydrogens (primary N) is 12. The van der Waals surface area contributed by atoms with Gasteiger partial charge in [0.1, 0.15) is 35.5 Å². The first-order chi connectivity index (χ1) is 61.9. The molecule has 4 heterocycles. The van der Waals surface area contributed by atoms with Crippen LogP contribution in [0.4, 0.5) is 4.79 Å². The number of nitrogens with one attached hydrogen (secondary N) is 1. The summed E-state index contributed by atoms with van der Waals surface area (Å²) in [6, 6.07) is 0. The first-order valence-corrected chi connectivity index (χ1v) is 49.7. The molecule has 752 valence electrons. The van der Waals surface area contributed by atoms with Gasteiger partial charge in [0.15, 0.2) is 35.8 Å². The zero-order valence-corrected chi connectivity index (χ0v) is 81.4. The fraction of sp³-hybridized carbons (Fsp3) is 0.825. The largest absolute Gasteiger partial charge is 0.447 e. The molecule has 4 aliphatic rings. The third kappa shape index (κ3) is 42.8. The fourth-order valence-corrected chi connectivity index (χ4v) is 22.0. The number of hydrogen-bond acceptors (Lipinski definition) is 27. The number of hydrogen-bond donors (Lipinski definition) is 14. The minimum atomic E-state index is -3.95. The van der Waals surface area contributed by atoms with Crippen molar-refractivity contribution in [3.63, 3.8) is 0 Å². The van der Waals surface area contributed by atoms with Gasteiger partial charge < -0.3 is 131 Å². The summed E-state index contributed by atoms with van der Waals surface area (Å²) in [5.41, 5.74) is 67.8. The van der Waals surface area contributed by atoms with E-state index in [9.17, 15) is 28.5 Å². The van der Waals surface area contributed by atoms with Gasteiger partial charge in [-0.25, -0.2) is 32.8 Å². The molecule has 0 saturated carbocycles. The van der Waals surface area contributed by atoms with Crippen molar-refractivity contribution in [3.8, 4) is 0 Å². The molecule has 0 bridgehead atoms. The Morgan fingerprint density at radius 1 is 0.397 bits per heavy atom. The number of ether oxygens (including phenoxy) is 6. The zero-order valence-electron chi connectivity index (χ0n) is 78.7. The van der Waals surface area contributed by atoms with Crippen LogP contribution in [0.2, 0.25) is 0 Å². The van der Waals surface area contributed by atoms with Crippen LogP contribution in [-0.4, -0.2) is 375 Å². The molecule has 15 unspecified atom stereocenters. The number of aliphatic hydroxyl groups excluding tert-OH is 1. The topological polar surface area (TPSA) is 715 Å². The van der Waals surface area contributed by atoms with Crippen molar-refractivity contribution in [2.24, 2.45) is 134 Å². The highest BCUT2D eigenvalue weighted by Crippen LogP contribution is 2.57. The third-order valence-corrected chi connectivity index (χ3v) is 30.3. The monoisotopic (exact) mass is 1920 g/mol. The number of rotatable bonds is 66. The molecule has 26 N–H and O–H groups in total. The summed E-state index contributed by atoms with van der Waals surface area (Å²) in [4.78, 5) is 143. The highest BCUT2D eigenvalue weighted by molar-refractivity contribution is 7.54. The van der Waals surface area contributed by atoms with E-state index in [1.54, 1.807) is 70.1 Å². The maximum absolute atomic E-state index is 15.4. The Morgan fingerprint density at radius 2 is 0.695 bits per heavy atom. The van der Waals surface area contributed by atoms with Gasteiger partial charge in [0.25, 0.3) is 0 Å². The van der Waals surface area contributed by atoms with Crippen molar-refractivity contribution in [2.75, 3.05) is 213 Å². The van der Waals surface area contributed by atoms with Crippen molar-refractivity contribution in [2.45, 2.75) is 180 Å². The number of guanidine groups is 6.